The minimum absolute atomic E-state index is 0.595. The Hall–Kier alpha value is -6.07. The molecule has 0 spiro atoms. The molecule has 0 bridgehead atoms. The van der Waals surface area contributed by atoms with Crippen molar-refractivity contribution >= 4 is 43.6 Å². The van der Waals surface area contributed by atoms with Crippen molar-refractivity contribution in [2.45, 2.75) is 26.7 Å². The van der Waals surface area contributed by atoms with Crippen LogP contribution >= 0.6 is 0 Å². The average Bonchev–Trinajstić information content (AvgIpc) is 3.68. The predicted molar refractivity (Wildman–Crippen MR) is 198 cm³/mol. The zero-order chi connectivity index (χ0) is 32.2. The van der Waals surface area contributed by atoms with Crippen LogP contribution in [0.25, 0.3) is 78.0 Å². The molecule has 3 aromatic heterocycles. The second-order valence-electron chi connectivity index (χ2n) is 12.2. The van der Waals surface area contributed by atoms with Crippen molar-refractivity contribution in [2.24, 2.45) is 0 Å². The first-order valence-corrected chi connectivity index (χ1v) is 16.7. The van der Waals surface area contributed by atoms with Gasteiger partial charge in [0.1, 0.15) is 0 Å². The summed E-state index contributed by atoms with van der Waals surface area (Å²) in [4.78, 5) is 15.5. The monoisotopic (exact) mass is 619 g/mol. The van der Waals surface area contributed by atoms with Crippen LogP contribution in [0, 0.1) is 0 Å². The average molecular weight is 620 g/mol. The number of hydrogen-bond acceptors (Lipinski definition) is 3. The highest BCUT2D eigenvalue weighted by atomic mass is 15.2. The van der Waals surface area contributed by atoms with E-state index < -0.39 is 0 Å². The molecular formula is C43H33N5. The molecule has 9 aromatic rings. The number of para-hydroxylation sites is 3. The smallest absolute Gasteiger partial charge is 0.238 e. The molecule has 5 nitrogen and oxygen atoms in total. The van der Waals surface area contributed by atoms with E-state index in [2.05, 4.69) is 126 Å². The van der Waals surface area contributed by atoms with Crippen molar-refractivity contribution < 1.29 is 0 Å². The maximum absolute atomic E-state index is 5.23. The van der Waals surface area contributed by atoms with E-state index >= 15 is 0 Å². The minimum atomic E-state index is 0.595. The number of fused-ring (bicyclic) bond motifs is 7. The van der Waals surface area contributed by atoms with E-state index in [1.54, 1.807) is 0 Å². The molecule has 5 heteroatoms. The van der Waals surface area contributed by atoms with Gasteiger partial charge in [-0.1, -0.05) is 141 Å². The van der Waals surface area contributed by atoms with E-state index in [1.165, 1.54) is 33.1 Å². The summed E-state index contributed by atoms with van der Waals surface area (Å²) < 4.78 is 4.78. The molecule has 0 amide bonds. The van der Waals surface area contributed by atoms with Crippen LogP contribution < -0.4 is 0 Å². The topological polar surface area (TPSA) is 48.5 Å². The Morgan fingerprint density at radius 2 is 0.938 bits per heavy atom. The summed E-state index contributed by atoms with van der Waals surface area (Å²) in [5, 5.41) is 4.79. The largest absolute Gasteiger partial charge is 0.307 e. The molecule has 0 aliphatic heterocycles. The van der Waals surface area contributed by atoms with Crippen molar-refractivity contribution in [1.29, 1.82) is 0 Å². The fourth-order valence-corrected chi connectivity index (χ4v) is 7.33. The SMILES string of the molecule is CCc1ccccc1-n1c2c(CC)cccc2c2ccc3c4ccccc4n(-c4nc(-c5ccccc5)nc(-c5ccccc5)n4)c3c21. The molecule has 0 atom stereocenters. The molecule has 0 unspecified atom stereocenters. The fourth-order valence-electron chi connectivity index (χ4n) is 7.33. The number of rotatable bonds is 6. The summed E-state index contributed by atoms with van der Waals surface area (Å²) in [6.07, 6.45) is 1.86. The van der Waals surface area contributed by atoms with Crippen LogP contribution in [0.4, 0.5) is 0 Å². The molecule has 0 saturated carbocycles. The Labute approximate surface area is 278 Å². The Bertz CT molecular complexity index is 2570. The van der Waals surface area contributed by atoms with E-state index in [-0.39, 0.29) is 0 Å². The molecule has 3 heterocycles. The molecule has 0 aliphatic carbocycles. The summed E-state index contributed by atoms with van der Waals surface area (Å²) in [6.45, 7) is 4.48. The van der Waals surface area contributed by atoms with Crippen LogP contribution in [0.5, 0.6) is 0 Å². The summed E-state index contributed by atoms with van der Waals surface area (Å²) in [5.74, 6) is 1.88. The van der Waals surface area contributed by atoms with Gasteiger partial charge < -0.3 is 4.57 Å². The third kappa shape index (κ3) is 4.28. The molecule has 9 rings (SSSR count). The Balaban J connectivity index is 1.50. The molecule has 6 aromatic carbocycles. The predicted octanol–water partition coefficient (Wildman–Crippen LogP) is 10.5. The second-order valence-corrected chi connectivity index (χ2v) is 12.2. The van der Waals surface area contributed by atoms with Gasteiger partial charge >= 0.3 is 0 Å². The standard InChI is InChI=1S/C43H33N5/c1-3-28-16-11-13-24-36(28)47-38-29(4-2)21-15-23-33(38)35-27-26-34-32-22-12-14-25-37(32)48(40(34)39(35)47)43-45-41(30-17-7-5-8-18-30)44-42(46-43)31-19-9-6-10-20-31/h5-27H,3-4H2,1-2H3. The second kappa shape index (κ2) is 11.3. The van der Waals surface area contributed by atoms with Gasteiger partial charge in [0.2, 0.25) is 5.95 Å². The quantitative estimate of drug-likeness (QED) is 0.186. The maximum atomic E-state index is 5.23. The summed E-state index contributed by atoms with van der Waals surface area (Å²) in [5.41, 5.74) is 10.3. The number of aryl methyl sites for hydroxylation is 2. The van der Waals surface area contributed by atoms with Crippen LogP contribution in [0.15, 0.2) is 140 Å². The van der Waals surface area contributed by atoms with E-state index in [0.29, 0.717) is 17.6 Å². The van der Waals surface area contributed by atoms with E-state index in [4.69, 9.17) is 15.0 Å². The van der Waals surface area contributed by atoms with Crippen molar-refractivity contribution in [1.82, 2.24) is 24.1 Å². The van der Waals surface area contributed by atoms with Gasteiger partial charge in [-0.15, -0.1) is 0 Å². The number of benzene rings is 6. The first-order valence-electron chi connectivity index (χ1n) is 16.7. The Kier molecular flexibility index (Phi) is 6.64. The van der Waals surface area contributed by atoms with Gasteiger partial charge in [-0.2, -0.15) is 9.97 Å². The third-order valence-electron chi connectivity index (χ3n) is 9.55. The van der Waals surface area contributed by atoms with E-state index in [9.17, 15) is 0 Å². The molecule has 0 saturated heterocycles. The highest BCUT2D eigenvalue weighted by Gasteiger charge is 2.24. The fraction of sp³-hybridized carbons (Fsp3) is 0.0930. The molecular weight excluding hydrogens is 587 g/mol. The zero-order valence-electron chi connectivity index (χ0n) is 26.9. The first kappa shape index (κ1) is 28.2. The van der Waals surface area contributed by atoms with Gasteiger partial charge in [0.25, 0.3) is 0 Å². The molecule has 0 radical (unpaired) electrons. The van der Waals surface area contributed by atoms with Crippen LogP contribution in [-0.2, 0) is 12.8 Å². The van der Waals surface area contributed by atoms with Gasteiger partial charge in [-0.3, -0.25) is 4.57 Å². The molecule has 230 valence electrons. The number of hydrogen-bond donors (Lipinski definition) is 0. The zero-order valence-corrected chi connectivity index (χ0v) is 26.9. The molecule has 0 N–H and O–H groups in total. The summed E-state index contributed by atoms with van der Waals surface area (Å²) in [6, 6.07) is 49.1. The van der Waals surface area contributed by atoms with Gasteiger partial charge in [0.15, 0.2) is 11.6 Å². The van der Waals surface area contributed by atoms with Gasteiger partial charge in [-0.05, 0) is 36.1 Å². The van der Waals surface area contributed by atoms with Crippen molar-refractivity contribution in [3.63, 3.8) is 0 Å². The highest BCUT2D eigenvalue weighted by Crippen LogP contribution is 2.43. The van der Waals surface area contributed by atoms with Crippen molar-refractivity contribution in [3.05, 3.63) is 151 Å². The van der Waals surface area contributed by atoms with E-state index in [1.807, 2.05) is 36.4 Å². The Morgan fingerprint density at radius 3 is 1.62 bits per heavy atom. The summed E-state index contributed by atoms with van der Waals surface area (Å²) in [7, 11) is 0. The molecule has 0 aliphatic rings. The lowest BCUT2D eigenvalue weighted by molar-refractivity contribution is 0.953. The normalized spacial score (nSPS) is 11.7. The summed E-state index contributed by atoms with van der Waals surface area (Å²) >= 11 is 0. The minimum Gasteiger partial charge on any atom is -0.307 e. The first-order chi connectivity index (χ1) is 23.7. The van der Waals surface area contributed by atoms with Crippen molar-refractivity contribution in [2.75, 3.05) is 0 Å². The van der Waals surface area contributed by atoms with E-state index in [0.717, 1.165) is 51.3 Å². The maximum Gasteiger partial charge on any atom is 0.238 e. The lowest BCUT2D eigenvalue weighted by atomic mass is 10.1. The Morgan fingerprint density at radius 1 is 0.417 bits per heavy atom. The van der Waals surface area contributed by atoms with Crippen molar-refractivity contribution in [3.8, 4) is 34.4 Å². The van der Waals surface area contributed by atoms with Gasteiger partial charge in [0.05, 0.1) is 22.1 Å². The lowest BCUT2D eigenvalue weighted by Crippen LogP contribution is -2.07. The van der Waals surface area contributed by atoms with Crippen LogP contribution in [0.3, 0.4) is 0 Å². The van der Waals surface area contributed by atoms with Crippen LogP contribution in [0.2, 0.25) is 0 Å². The van der Waals surface area contributed by atoms with Gasteiger partial charge in [-0.25, -0.2) is 4.98 Å². The highest BCUT2D eigenvalue weighted by molar-refractivity contribution is 6.24. The number of nitrogens with zero attached hydrogens (tertiary/aromatic N) is 5. The lowest BCUT2D eigenvalue weighted by Gasteiger charge is -2.16. The van der Waals surface area contributed by atoms with Gasteiger partial charge in [0, 0.05) is 38.4 Å². The third-order valence-corrected chi connectivity index (χ3v) is 9.55. The van der Waals surface area contributed by atoms with Crippen LogP contribution in [0.1, 0.15) is 25.0 Å². The number of aromatic nitrogens is 5. The van der Waals surface area contributed by atoms with Crippen LogP contribution in [-0.4, -0.2) is 24.1 Å². The molecule has 0 fully saturated rings. The molecule has 48 heavy (non-hydrogen) atoms.